The van der Waals surface area contributed by atoms with Crippen LogP contribution in [-0.2, 0) is 14.3 Å². The molecular formula is C29H35N3O4S. The highest BCUT2D eigenvalue weighted by Gasteiger charge is 2.44. The van der Waals surface area contributed by atoms with E-state index >= 15 is 0 Å². The number of anilines is 1. The lowest BCUT2D eigenvalue weighted by Gasteiger charge is -2.35. The highest BCUT2D eigenvalue weighted by molar-refractivity contribution is 7.80. The average molecular weight is 522 g/mol. The minimum Gasteiger partial charge on any atom is -0.444 e. The van der Waals surface area contributed by atoms with Gasteiger partial charge in [0, 0.05) is 23.0 Å². The number of hydrogen-bond donors (Lipinski definition) is 3. The summed E-state index contributed by atoms with van der Waals surface area (Å²) in [7, 11) is 0. The number of amides is 3. The zero-order chi connectivity index (χ0) is 27.3. The summed E-state index contributed by atoms with van der Waals surface area (Å²) in [6, 6.07) is 10.7. The fraction of sp³-hybridized carbons (Fsp3) is 0.414. The van der Waals surface area contributed by atoms with E-state index in [1.54, 1.807) is 49.9 Å². The molecule has 2 atom stereocenters. The molecule has 3 amide bonds. The van der Waals surface area contributed by atoms with E-state index in [1.807, 2.05) is 32.0 Å². The van der Waals surface area contributed by atoms with E-state index in [1.165, 1.54) is 0 Å². The van der Waals surface area contributed by atoms with Gasteiger partial charge in [0.25, 0.3) is 5.91 Å². The lowest BCUT2D eigenvalue weighted by atomic mass is 9.97. The number of benzene rings is 2. The monoisotopic (exact) mass is 521 g/mol. The van der Waals surface area contributed by atoms with Crippen LogP contribution in [0.25, 0.3) is 0 Å². The van der Waals surface area contributed by atoms with Crippen molar-refractivity contribution in [2.24, 2.45) is 0 Å². The Hall–Kier alpha value is -3.44. The number of nitrogens with one attached hydrogen (secondary N) is 2. The Kier molecular flexibility index (Phi) is 8.93. The maximum atomic E-state index is 14.0. The van der Waals surface area contributed by atoms with Gasteiger partial charge in [0.2, 0.25) is 5.91 Å². The third-order valence-corrected chi connectivity index (χ3v) is 6.40. The van der Waals surface area contributed by atoms with E-state index in [2.05, 4.69) is 29.2 Å². The van der Waals surface area contributed by atoms with Gasteiger partial charge in [-0.05, 0) is 70.2 Å². The first-order valence-corrected chi connectivity index (χ1v) is 12.9. The first-order chi connectivity index (χ1) is 17.5. The van der Waals surface area contributed by atoms with E-state index in [-0.39, 0.29) is 17.7 Å². The molecule has 3 rings (SSSR count). The standard InChI is InChI=1S/C29H35N3O4S/c1-7-20-13-8-9-14-22(20)25(26(33)31-24-18(2)11-10-12-19(24)3)32(21-15-16-21)27(34)23(17-37)30-28(35)36-29(4,5)6/h1,8-14,21,23,25,37H,15-17H2,2-6H3,(H,30,35)(H,31,33). The van der Waals surface area contributed by atoms with E-state index in [0.717, 1.165) is 24.0 Å². The normalized spacial score (nSPS) is 14.6. The van der Waals surface area contributed by atoms with Crippen molar-refractivity contribution >= 4 is 36.2 Å². The Labute approximate surface area is 224 Å². The molecule has 8 heteroatoms. The Bertz CT molecular complexity index is 1190. The van der Waals surface area contributed by atoms with Gasteiger partial charge in [0.05, 0.1) is 0 Å². The van der Waals surface area contributed by atoms with E-state index in [4.69, 9.17) is 11.2 Å². The molecule has 2 aromatic carbocycles. The van der Waals surface area contributed by atoms with Crippen molar-refractivity contribution in [1.29, 1.82) is 0 Å². The summed E-state index contributed by atoms with van der Waals surface area (Å²) < 4.78 is 5.35. The molecule has 1 fully saturated rings. The van der Waals surface area contributed by atoms with Crippen molar-refractivity contribution in [3.63, 3.8) is 0 Å². The summed E-state index contributed by atoms with van der Waals surface area (Å²) in [6.45, 7) is 9.05. The van der Waals surface area contributed by atoms with Crippen LogP contribution in [0.15, 0.2) is 42.5 Å². The lowest BCUT2D eigenvalue weighted by Crippen LogP contribution is -2.54. The van der Waals surface area contributed by atoms with Gasteiger partial charge in [-0.1, -0.05) is 42.3 Å². The number of terminal acetylenes is 1. The summed E-state index contributed by atoms with van der Waals surface area (Å²) in [6.07, 6.45) is 6.55. The molecule has 1 aliphatic carbocycles. The molecule has 2 aromatic rings. The number of alkyl carbamates (subject to hydrolysis) is 1. The van der Waals surface area contributed by atoms with E-state index in [9.17, 15) is 14.4 Å². The predicted octanol–water partition coefficient (Wildman–Crippen LogP) is 4.78. The molecule has 196 valence electrons. The minimum atomic E-state index is -1.01. The van der Waals surface area contributed by atoms with E-state index < -0.39 is 29.7 Å². The highest BCUT2D eigenvalue weighted by atomic mass is 32.1. The van der Waals surface area contributed by atoms with Crippen molar-refractivity contribution < 1.29 is 19.1 Å². The van der Waals surface area contributed by atoms with Gasteiger partial charge in [-0.2, -0.15) is 12.6 Å². The number of ether oxygens (including phenoxy) is 1. The Balaban J connectivity index is 2.03. The first kappa shape index (κ1) is 28.1. The number of nitrogens with zero attached hydrogens (tertiary/aromatic N) is 1. The second-order valence-electron chi connectivity index (χ2n) is 10.2. The van der Waals surface area contributed by atoms with Crippen molar-refractivity contribution in [3.05, 3.63) is 64.7 Å². The lowest BCUT2D eigenvalue weighted by molar-refractivity contribution is -0.141. The molecule has 0 aromatic heterocycles. The second-order valence-corrected chi connectivity index (χ2v) is 10.6. The van der Waals surface area contributed by atoms with Gasteiger partial charge in [0.1, 0.15) is 17.7 Å². The quantitative estimate of drug-likeness (QED) is 0.345. The number of hydrogen-bond acceptors (Lipinski definition) is 5. The van der Waals surface area contributed by atoms with Gasteiger partial charge >= 0.3 is 6.09 Å². The SMILES string of the molecule is C#Cc1ccccc1C(C(=O)Nc1c(C)cccc1C)N(C(=O)C(CS)NC(=O)OC(C)(C)C)C1CC1. The van der Waals surface area contributed by atoms with Crippen LogP contribution in [-0.4, -0.2) is 46.2 Å². The minimum absolute atomic E-state index is 0.0311. The first-order valence-electron chi connectivity index (χ1n) is 12.3. The molecule has 1 saturated carbocycles. The van der Waals surface area contributed by atoms with Gasteiger partial charge < -0.3 is 20.3 Å². The van der Waals surface area contributed by atoms with Gasteiger partial charge in [-0.3, -0.25) is 9.59 Å². The molecule has 0 spiro atoms. The number of carbonyl (C=O) groups excluding carboxylic acids is 3. The second kappa shape index (κ2) is 11.7. The Morgan fingerprint density at radius 1 is 1.11 bits per heavy atom. The number of para-hydroxylation sites is 1. The van der Waals surface area contributed by atoms with Crippen molar-refractivity contribution in [2.75, 3.05) is 11.1 Å². The maximum absolute atomic E-state index is 14.0. The van der Waals surface area contributed by atoms with Crippen LogP contribution in [0.3, 0.4) is 0 Å². The zero-order valence-electron chi connectivity index (χ0n) is 22.0. The zero-order valence-corrected chi connectivity index (χ0v) is 22.9. The maximum Gasteiger partial charge on any atom is 0.408 e. The van der Waals surface area contributed by atoms with Crippen molar-refractivity contribution in [3.8, 4) is 12.3 Å². The Morgan fingerprint density at radius 3 is 2.27 bits per heavy atom. The average Bonchev–Trinajstić information content (AvgIpc) is 3.67. The van der Waals surface area contributed by atoms with Crippen LogP contribution in [0, 0.1) is 26.2 Å². The molecule has 0 aliphatic heterocycles. The molecular weight excluding hydrogens is 486 g/mol. The fourth-order valence-electron chi connectivity index (χ4n) is 4.17. The smallest absolute Gasteiger partial charge is 0.408 e. The number of aryl methyl sites for hydroxylation is 2. The molecule has 2 unspecified atom stereocenters. The molecule has 37 heavy (non-hydrogen) atoms. The third kappa shape index (κ3) is 7.07. The summed E-state index contributed by atoms with van der Waals surface area (Å²) in [4.78, 5) is 42.0. The van der Waals surface area contributed by atoms with Gasteiger partial charge in [-0.25, -0.2) is 4.79 Å². The van der Waals surface area contributed by atoms with Gasteiger partial charge in [-0.15, -0.1) is 6.42 Å². The molecule has 7 nitrogen and oxygen atoms in total. The summed E-state index contributed by atoms with van der Waals surface area (Å²) in [5.74, 6) is 1.88. The Morgan fingerprint density at radius 2 is 1.73 bits per heavy atom. The third-order valence-electron chi connectivity index (χ3n) is 6.03. The van der Waals surface area contributed by atoms with Crippen molar-refractivity contribution in [2.45, 2.75) is 71.2 Å². The fourth-order valence-corrected chi connectivity index (χ4v) is 4.42. The van der Waals surface area contributed by atoms with Crippen LogP contribution in [0.1, 0.15) is 61.9 Å². The predicted molar refractivity (Wildman–Crippen MR) is 149 cm³/mol. The molecule has 1 aliphatic rings. The molecule has 0 radical (unpaired) electrons. The molecule has 0 bridgehead atoms. The highest BCUT2D eigenvalue weighted by Crippen LogP contribution is 2.37. The van der Waals surface area contributed by atoms with Crippen LogP contribution < -0.4 is 10.6 Å². The summed E-state index contributed by atoms with van der Waals surface area (Å²) in [5, 5.41) is 5.67. The number of thiol groups is 1. The van der Waals surface area contributed by atoms with Crippen LogP contribution in [0.5, 0.6) is 0 Å². The summed E-state index contributed by atoms with van der Waals surface area (Å²) in [5.41, 5.74) is 2.83. The van der Waals surface area contributed by atoms with Crippen LogP contribution in [0.2, 0.25) is 0 Å². The molecule has 0 heterocycles. The van der Waals surface area contributed by atoms with Crippen LogP contribution >= 0.6 is 12.6 Å². The van der Waals surface area contributed by atoms with Crippen molar-refractivity contribution in [1.82, 2.24) is 10.2 Å². The van der Waals surface area contributed by atoms with Gasteiger partial charge in [0.15, 0.2) is 0 Å². The largest absolute Gasteiger partial charge is 0.444 e. The topological polar surface area (TPSA) is 87.7 Å². The molecule has 2 N–H and O–H groups in total. The van der Waals surface area contributed by atoms with E-state index in [0.29, 0.717) is 16.8 Å². The van der Waals surface area contributed by atoms with Crippen LogP contribution in [0.4, 0.5) is 10.5 Å². The number of carbonyl (C=O) groups is 3. The number of rotatable bonds is 8. The summed E-state index contributed by atoms with van der Waals surface area (Å²) >= 11 is 4.33. The molecule has 0 saturated heterocycles.